The van der Waals surface area contributed by atoms with Crippen LogP contribution in [-0.4, -0.2) is 0 Å². The predicted octanol–water partition coefficient (Wildman–Crippen LogP) is 12.1. The SMILES string of the molecule is CC1=C(c2ccccc2C)[C]([P@@](c2ccc3ccccc3c2)[P@](c2ccc(-c3ccccc3)cc2)c2ccc3ccccc3c2)CC=C1. The van der Waals surface area contributed by atoms with Crippen LogP contribution in [0.3, 0.4) is 0 Å². The van der Waals surface area contributed by atoms with Gasteiger partial charge in [-0.25, -0.2) is 0 Å². The lowest BCUT2D eigenvalue weighted by Gasteiger charge is -2.38. The van der Waals surface area contributed by atoms with Gasteiger partial charge in [0.15, 0.2) is 0 Å². The summed E-state index contributed by atoms with van der Waals surface area (Å²) < 4.78 is 0. The molecule has 7 aromatic carbocycles. The molecule has 0 nitrogen and oxygen atoms in total. The van der Waals surface area contributed by atoms with Crippen molar-refractivity contribution in [3.63, 3.8) is 0 Å². The lowest BCUT2D eigenvalue weighted by atomic mass is 9.89. The Bertz CT molecular complexity index is 2300. The van der Waals surface area contributed by atoms with E-state index in [4.69, 9.17) is 0 Å². The number of fused-ring (bicyclic) bond motifs is 2. The van der Waals surface area contributed by atoms with Crippen LogP contribution >= 0.6 is 15.2 Å². The van der Waals surface area contributed by atoms with Gasteiger partial charge in [0, 0.05) is 5.66 Å². The second-order valence-electron chi connectivity index (χ2n) is 12.5. The number of hydrogen-bond donors (Lipinski definition) is 0. The highest BCUT2D eigenvalue weighted by Gasteiger charge is 2.37. The third-order valence-corrected chi connectivity index (χ3v) is 17.0. The van der Waals surface area contributed by atoms with Crippen LogP contribution < -0.4 is 15.9 Å². The van der Waals surface area contributed by atoms with E-state index in [0.717, 1.165) is 6.42 Å². The maximum atomic E-state index is 2.49. The molecular formula is C46H37P2. The van der Waals surface area contributed by atoms with E-state index >= 15 is 0 Å². The molecule has 0 unspecified atom stereocenters. The van der Waals surface area contributed by atoms with Crippen LogP contribution in [0.2, 0.25) is 0 Å². The zero-order valence-corrected chi connectivity index (χ0v) is 29.1. The number of benzene rings is 7. The first-order valence-corrected chi connectivity index (χ1v) is 20.1. The lowest BCUT2D eigenvalue weighted by Crippen LogP contribution is -2.19. The summed E-state index contributed by atoms with van der Waals surface area (Å²) in [6, 6.07) is 61.3. The molecule has 7 aromatic rings. The van der Waals surface area contributed by atoms with Crippen LogP contribution in [0.4, 0.5) is 0 Å². The first-order valence-electron chi connectivity index (χ1n) is 16.7. The molecule has 0 N–H and O–H groups in total. The van der Waals surface area contributed by atoms with Crippen molar-refractivity contribution in [2.75, 3.05) is 0 Å². The van der Waals surface area contributed by atoms with Crippen LogP contribution in [0.15, 0.2) is 182 Å². The second-order valence-corrected chi connectivity index (χ2v) is 18.3. The van der Waals surface area contributed by atoms with E-state index in [-0.39, 0.29) is 0 Å². The molecule has 0 saturated heterocycles. The maximum absolute atomic E-state index is 2.49. The minimum Gasteiger partial charge on any atom is -0.0829 e. The van der Waals surface area contributed by atoms with E-state index in [1.807, 2.05) is 0 Å². The average Bonchev–Trinajstić information content (AvgIpc) is 3.14. The highest BCUT2D eigenvalue weighted by atomic mass is 32.1. The van der Waals surface area contributed by atoms with Crippen molar-refractivity contribution in [1.29, 1.82) is 0 Å². The monoisotopic (exact) mass is 651 g/mol. The normalized spacial score (nSPS) is 14.8. The third kappa shape index (κ3) is 5.97. The zero-order chi connectivity index (χ0) is 32.5. The van der Waals surface area contributed by atoms with Crippen molar-refractivity contribution in [2.45, 2.75) is 20.3 Å². The molecule has 0 spiro atoms. The quantitative estimate of drug-likeness (QED) is 0.151. The van der Waals surface area contributed by atoms with Gasteiger partial charge in [0.25, 0.3) is 0 Å². The molecule has 0 aliphatic heterocycles. The molecule has 0 aromatic heterocycles. The largest absolute Gasteiger partial charge is 0.0829 e. The fraction of sp³-hybridized carbons (Fsp3) is 0.0652. The van der Waals surface area contributed by atoms with Gasteiger partial charge in [0.1, 0.15) is 0 Å². The van der Waals surface area contributed by atoms with Gasteiger partial charge in [0.05, 0.1) is 0 Å². The van der Waals surface area contributed by atoms with Crippen LogP contribution in [0, 0.1) is 12.6 Å². The minimum absolute atomic E-state index is 0.809. The molecule has 1 radical (unpaired) electrons. The lowest BCUT2D eigenvalue weighted by molar-refractivity contribution is 1.19. The van der Waals surface area contributed by atoms with Crippen molar-refractivity contribution >= 4 is 58.3 Å². The Morgan fingerprint density at radius 2 is 0.958 bits per heavy atom. The Hall–Kier alpha value is -4.60. The molecule has 1 aliphatic carbocycles. The summed E-state index contributed by atoms with van der Waals surface area (Å²) in [4.78, 5) is 0. The number of hydrogen-bond acceptors (Lipinski definition) is 0. The molecule has 2 atom stereocenters. The standard InChI is InChI=1S/C46H37P2/c1-33-13-6-11-21-44(33)46-34(2)14-12-22-45(46)48(43-30-26-37-18-8-10-20-40(37)32-43)47(42-29-25-36-17-7-9-19-39(36)31-42)41-27-23-38(24-28-41)35-15-4-3-5-16-35/h3-21,23-32H,22H2,1-2H3/t47-,48-/m1/s1. The van der Waals surface area contributed by atoms with E-state index in [2.05, 4.69) is 190 Å². The molecule has 0 bridgehead atoms. The molecule has 0 heterocycles. The molecular weight excluding hydrogens is 614 g/mol. The topological polar surface area (TPSA) is 0 Å². The molecule has 0 amide bonds. The second kappa shape index (κ2) is 13.5. The molecule has 231 valence electrons. The molecule has 2 heteroatoms. The van der Waals surface area contributed by atoms with Crippen molar-refractivity contribution in [1.82, 2.24) is 0 Å². The Balaban J connectivity index is 1.38. The van der Waals surface area contributed by atoms with Crippen LogP contribution in [0.25, 0.3) is 38.2 Å². The summed E-state index contributed by atoms with van der Waals surface area (Å²) in [6.45, 7) is 4.57. The fourth-order valence-corrected chi connectivity index (χ4v) is 15.2. The van der Waals surface area contributed by atoms with E-state index in [1.165, 1.54) is 70.9 Å². The van der Waals surface area contributed by atoms with Crippen LogP contribution in [0.5, 0.6) is 0 Å². The number of aryl methyl sites for hydroxylation is 1. The summed E-state index contributed by atoms with van der Waals surface area (Å²) in [5, 5.41) is 9.48. The summed E-state index contributed by atoms with van der Waals surface area (Å²) in [7, 11) is -1.62. The Labute approximate surface area is 286 Å². The zero-order valence-electron chi connectivity index (χ0n) is 27.3. The number of rotatable bonds is 7. The summed E-state index contributed by atoms with van der Waals surface area (Å²) in [5.41, 5.74) is 9.55. The number of allylic oxidation sites excluding steroid dienone is 4. The van der Waals surface area contributed by atoms with Gasteiger partial charge in [-0.15, -0.1) is 0 Å². The first-order chi connectivity index (χ1) is 23.6. The summed E-state index contributed by atoms with van der Waals surface area (Å²) in [6.07, 6.45) is 5.69. The highest BCUT2D eigenvalue weighted by molar-refractivity contribution is 8.40. The van der Waals surface area contributed by atoms with E-state index in [9.17, 15) is 0 Å². The van der Waals surface area contributed by atoms with Gasteiger partial charge in [-0.3, -0.25) is 0 Å². The first kappa shape index (κ1) is 30.7. The van der Waals surface area contributed by atoms with Gasteiger partial charge < -0.3 is 0 Å². The highest BCUT2D eigenvalue weighted by Crippen LogP contribution is 2.76. The van der Waals surface area contributed by atoms with Crippen LogP contribution in [0.1, 0.15) is 24.5 Å². The van der Waals surface area contributed by atoms with E-state index < -0.39 is 15.2 Å². The fourth-order valence-electron chi connectivity index (χ4n) is 6.99. The predicted molar refractivity (Wildman–Crippen MR) is 213 cm³/mol. The van der Waals surface area contributed by atoms with Crippen molar-refractivity contribution in [2.24, 2.45) is 0 Å². The minimum atomic E-state index is -0.812. The molecule has 0 fully saturated rings. The van der Waals surface area contributed by atoms with Gasteiger partial charge in [-0.05, 0) is 118 Å². The van der Waals surface area contributed by atoms with Crippen molar-refractivity contribution < 1.29 is 0 Å². The van der Waals surface area contributed by atoms with E-state index in [0.29, 0.717) is 0 Å². The maximum Gasteiger partial charge on any atom is 0.0427 e. The molecule has 1 aliphatic rings. The summed E-state index contributed by atoms with van der Waals surface area (Å²) in [5.74, 6) is 0. The van der Waals surface area contributed by atoms with Crippen LogP contribution in [-0.2, 0) is 0 Å². The average molecular weight is 652 g/mol. The summed E-state index contributed by atoms with van der Waals surface area (Å²) >= 11 is 0. The van der Waals surface area contributed by atoms with E-state index in [1.54, 1.807) is 5.66 Å². The smallest absolute Gasteiger partial charge is 0.0427 e. The van der Waals surface area contributed by atoms with Crippen molar-refractivity contribution in [3.05, 3.63) is 198 Å². The molecule has 8 rings (SSSR count). The van der Waals surface area contributed by atoms with Gasteiger partial charge >= 0.3 is 0 Å². The Morgan fingerprint density at radius 1 is 0.438 bits per heavy atom. The van der Waals surface area contributed by atoms with Crippen molar-refractivity contribution in [3.8, 4) is 11.1 Å². The molecule has 0 saturated carbocycles. The van der Waals surface area contributed by atoms with Gasteiger partial charge in [-0.2, -0.15) is 0 Å². The Kier molecular flexibility index (Phi) is 8.63. The Morgan fingerprint density at radius 3 is 1.60 bits per heavy atom. The third-order valence-electron chi connectivity index (χ3n) is 9.41. The molecule has 48 heavy (non-hydrogen) atoms. The van der Waals surface area contributed by atoms with Gasteiger partial charge in [-0.1, -0.05) is 164 Å². The van der Waals surface area contributed by atoms with Gasteiger partial charge in [0.2, 0.25) is 0 Å².